The molecule has 0 aromatic carbocycles. The van der Waals surface area contributed by atoms with Crippen LogP contribution in [0.25, 0.3) is 11.3 Å². The van der Waals surface area contributed by atoms with Gasteiger partial charge in [0.1, 0.15) is 40.9 Å². The predicted octanol–water partition coefficient (Wildman–Crippen LogP) is 1.07. The number of aromatic nitrogens is 2. The van der Waals surface area contributed by atoms with Crippen LogP contribution in [0.1, 0.15) is 11.1 Å². The molecule has 0 fully saturated rings. The van der Waals surface area contributed by atoms with Crippen molar-refractivity contribution in [3.8, 4) is 29.1 Å². The van der Waals surface area contributed by atoms with Crippen molar-refractivity contribution in [3.05, 3.63) is 29.5 Å². The molecule has 0 spiro atoms. The lowest BCUT2D eigenvalue weighted by atomic mass is 10.0. The lowest BCUT2D eigenvalue weighted by Crippen LogP contribution is -2.14. The summed E-state index contributed by atoms with van der Waals surface area (Å²) in [6.45, 7) is 0.792. The van der Waals surface area contributed by atoms with Crippen LogP contribution in [0.4, 0.5) is 5.82 Å². The van der Waals surface area contributed by atoms with E-state index in [2.05, 4.69) is 9.97 Å². The van der Waals surface area contributed by atoms with E-state index in [1.807, 2.05) is 12.1 Å². The summed E-state index contributed by atoms with van der Waals surface area (Å²) in [7, 11) is 1.57. The Hall–Kier alpha value is -3.34. The highest BCUT2D eigenvalue weighted by Gasteiger charge is 2.21. The Kier molecular flexibility index (Phi) is 6.94. The summed E-state index contributed by atoms with van der Waals surface area (Å²) in [4.78, 5) is 19.4. The lowest BCUT2D eigenvalue weighted by molar-refractivity contribution is -0.115. The number of amides is 1. The van der Waals surface area contributed by atoms with E-state index in [0.29, 0.717) is 24.7 Å². The third kappa shape index (κ3) is 4.85. The number of primary amides is 1. The first kappa shape index (κ1) is 20.0. The largest absolute Gasteiger partial charge is 0.490 e. The minimum absolute atomic E-state index is 0.0375. The van der Waals surface area contributed by atoms with E-state index in [1.165, 1.54) is 6.20 Å². The Morgan fingerprint density at radius 3 is 2.56 bits per heavy atom. The number of carbonyl (C=O) groups is 1. The lowest BCUT2D eigenvalue weighted by Gasteiger charge is -2.12. The molecule has 0 saturated heterocycles. The monoisotopic (exact) mass is 384 g/mol. The third-order valence-corrected chi connectivity index (χ3v) is 4.31. The molecular weight excluding hydrogens is 368 g/mol. The predicted molar refractivity (Wildman–Crippen MR) is 98.6 cm³/mol. The molecule has 138 valence electrons. The molecule has 10 heteroatoms. The van der Waals surface area contributed by atoms with Crippen molar-refractivity contribution in [1.29, 1.82) is 10.5 Å². The van der Waals surface area contributed by atoms with Crippen LogP contribution in [0.15, 0.2) is 23.4 Å². The van der Waals surface area contributed by atoms with Crippen molar-refractivity contribution < 1.29 is 14.3 Å². The fourth-order valence-electron chi connectivity index (χ4n) is 2.15. The number of anilines is 1. The van der Waals surface area contributed by atoms with Gasteiger partial charge < -0.3 is 20.9 Å². The molecule has 0 radical (unpaired) electrons. The van der Waals surface area contributed by atoms with E-state index >= 15 is 0 Å². The molecule has 0 aliphatic heterocycles. The van der Waals surface area contributed by atoms with Gasteiger partial charge in [-0.2, -0.15) is 10.5 Å². The molecule has 4 N–H and O–H groups in total. The molecule has 0 aliphatic carbocycles. The molecule has 0 bridgehead atoms. The number of nitriles is 2. The minimum Gasteiger partial charge on any atom is -0.490 e. The average molecular weight is 384 g/mol. The molecule has 2 aromatic heterocycles. The van der Waals surface area contributed by atoms with Gasteiger partial charge in [-0.15, -0.1) is 0 Å². The van der Waals surface area contributed by atoms with Gasteiger partial charge in [-0.3, -0.25) is 9.78 Å². The smallest absolute Gasteiger partial charge is 0.227 e. The summed E-state index contributed by atoms with van der Waals surface area (Å²) in [5.74, 6) is -0.184. The fourth-order valence-corrected chi connectivity index (χ4v) is 2.89. The zero-order chi connectivity index (χ0) is 19.8. The molecule has 0 atom stereocenters. The van der Waals surface area contributed by atoms with Crippen molar-refractivity contribution in [2.24, 2.45) is 5.73 Å². The molecular formula is C17H16N6O3S. The average Bonchev–Trinajstić information content (AvgIpc) is 2.66. The van der Waals surface area contributed by atoms with Crippen molar-refractivity contribution in [2.45, 2.75) is 5.03 Å². The van der Waals surface area contributed by atoms with Gasteiger partial charge in [0.15, 0.2) is 0 Å². The van der Waals surface area contributed by atoms with E-state index in [0.717, 1.165) is 11.8 Å². The number of hydrogen-bond donors (Lipinski definition) is 2. The molecule has 9 nitrogen and oxygen atoms in total. The summed E-state index contributed by atoms with van der Waals surface area (Å²) in [6, 6.07) is 7.25. The number of nitrogens with two attached hydrogens (primary N) is 2. The van der Waals surface area contributed by atoms with Gasteiger partial charge in [0.2, 0.25) is 5.91 Å². The van der Waals surface area contributed by atoms with Crippen LogP contribution in [-0.4, -0.2) is 42.0 Å². The van der Waals surface area contributed by atoms with Crippen LogP contribution in [0.5, 0.6) is 5.75 Å². The normalized spacial score (nSPS) is 10.0. The highest BCUT2D eigenvalue weighted by atomic mass is 32.2. The summed E-state index contributed by atoms with van der Waals surface area (Å²) in [5.41, 5.74) is 11.8. The summed E-state index contributed by atoms with van der Waals surface area (Å²) in [6.07, 6.45) is 1.47. The number of hydrogen-bond acceptors (Lipinski definition) is 9. The summed E-state index contributed by atoms with van der Waals surface area (Å²) in [5, 5.41) is 19.3. The third-order valence-electron chi connectivity index (χ3n) is 3.32. The van der Waals surface area contributed by atoms with E-state index < -0.39 is 5.91 Å². The molecule has 0 unspecified atom stereocenters. The number of carbonyl (C=O) groups excluding carboxylic acids is 1. The Morgan fingerprint density at radius 2 is 2.00 bits per heavy atom. The van der Waals surface area contributed by atoms with Crippen LogP contribution in [0.2, 0.25) is 0 Å². The Balaban J connectivity index is 2.49. The van der Waals surface area contributed by atoms with Crippen molar-refractivity contribution in [1.82, 2.24) is 9.97 Å². The van der Waals surface area contributed by atoms with E-state index in [1.54, 1.807) is 19.2 Å². The number of thioether (sulfide) groups is 1. The second-order valence-electron chi connectivity index (χ2n) is 5.13. The maximum absolute atomic E-state index is 11.1. The van der Waals surface area contributed by atoms with Crippen LogP contribution < -0.4 is 16.2 Å². The van der Waals surface area contributed by atoms with Crippen LogP contribution in [0.3, 0.4) is 0 Å². The van der Waals surface area contributed by atoms with Crippen molar-refractivity contribution in [3.63, 3.8) is 0 Å². The first-order chi connectivity index (χ1) is 13.0. The number of nitrogens with zero attached hydrogens (tertiary/aromatic N) is 4. The molecule has 1 amide bonds. The molecule has 2 aromatic rings. The summed E-state index contributed by atoms with van der Waals surface area (Å²) < 4.78 is 10.4. The first-order valence-electron chi connectivity index (χ1n) is 7.64. The highest BCUT2D eigenvalue weighted by Crippen LogP contribution is 2.35. The maximum Gasteiger partial charge on any atom is 0.227 e. The zero-order valence-electron chi connectivity index (χ0n) is 14.4. The molecule has 0 saturated carbocycles. The quantitative estimate of drug-likeness (QED) is 0.501. The fraction of sp³-hybridized carbons (Fsp3) is 0.235. The van der Waals surface area contributed by atoms with Gasteiger partial charge in [-0.25, -0.2) is 4.98 Å². The van der Waals surface area contributed by atoms with Gasteiger partial charge in [0.25, 0.3) is 0 Å². The Bertz CT molecular complexity index is 918. The second kappa shape index (κ2) is 9.38. The number of ether oxygens (including phenoxy) is 2. The Labute approximate surface area is 159 Å². The topological polar surface area (TPSA) is 161 Å². The first-order valence-corrected chi connectivity index (χ1v) is 8.63. The van der Waals surface area contributed by atoms with Crippen LogP contribution in [-0.2, 0) is 9.53 Å². The minimum atomic E-state index is -0.564. The van der Waals surface area contributed by atoms with Crippen molar-refractivity contribution >= 4 is 23.5 Å². The van der Waals surface area contributed by atoms with Gasteiger partial charge in [0.05, 0.1) is 29.8 Å². The molecule has 0 aliphatic rings. The number of rotatable bonds is 8. The zero-order valence-corrected chi connectivity index (χ0v) is 15.2. The van der Waals surface area contributed by atoms with E-state index in [9.17, 15) is 15.3 Å². The van der Waals surface area contributed by atoms with Gasteiger partial charge in [-0.1, -0.05) is 11.8 Å². The SMILES string of the molecule is COCCOc1ccc(-c2c(C#N)c(N)nc(SCC(N)=O)c2C#N)nc1. The Morgan fingerprint density at radius 1 is 1.26 bits per heavy atom. The number of methoxy groups -OCH3 is 1. The van der Waals surface area contributed by atoms with Crippen molar-refractivity contribution in [2.75, 3.05) is 31.8 Å². The standard InChI is InChI=1S/C17H16N6O3S/c1-25-4-5-26-10-2-3-13(22-8-10)15-11(6-18)16(21)23-17(12(15)7-19)27-9-14(20)24/h2-3,8H,4-5,9H2,1H3,(H2,20,24)(H2,21,23). The van der Waals surface area contributed by atoms with Gasteiger partial charge in [-0.05, 0) is 12.1 Å². The van der Waals surface area contributed by atoms with Gasteiger partial charge in [0, 0.05) is 12.7 Å². The van der Waals surface area contributed by atoms with Crippen LogP contribution >= 0.6 is 11.8 Å². The molecule has 2 rings (SSSR count). The molecule has 27 heavy (non-hydrogen) atoms. The maximum atomic E-state index is 11.1. The molecule has 2 heterocycles. The summed E-state index contributed by atoms with van der Waals surface area (Å²) >= 11 is 0.975. The highest BCUT2D eigenvalue weighted by molar-refractivity contribution is 8.00. The van der Waals surface area contributed by atoms with Gasteiger partial charge >= 0.3 is 0 Å². The number of nitrogen functional groups attached to an aromatic ring is 1. The second-order valence-corrected chi connectivity index (χ2v) is 6.09. The number of pyridine rings is 2. The van der Waals surface area contributed by atoms with E-state index in [4.69, 9.17) is 20.9 Å². The van der Waals surface area contributed by atoms with Crippen LogP contribution in [0, 0.1) is 22.7 Å². The van der Waals surface area contributed by atoms with E-state index in [-0.39, 0.29) is 33.3 Å².